The van der Waals surface area contributed by atoms with E-state index in [9.17, 15) is 9.59 Å². The molecule has 0 aliphatic carbocycles. The average Bonchev–Trinajstić information content (AvgIpc) is 2.22. The molecular formula is C10H11BrClN3O2. The molecule has 7 heteroatoms. The van der Waals surface area contributed by atoms with Crippen molar-refractivity contribution in [2.75, 3.05) is 13.1 Å². The Labute approximate surface area is 112 Å². The number of halogens is 2. The van der Waals surface area contributed by atoms with Crippen LogP contribution in [0.25, 0.3) is 0 Å². The summed E-state index contributed by atoms with van der Waals surface area (Å²) in [6.45, 7) is 0.578. The summed E-state index contributed by atoms with van der Waals surface area (Å²) in [6, 6.07) is 4.28. The summed E-state index contributed by atoms with van der Waals surface area (Å²) in [5, 5.41) is 5.46. The van der Waals surface area contributed by atoms with Crippen LogP contribution in [0.1, 0.15) is 10.4 Å². The Morgan fingerprint density at radius 2 is 1.88 bits per heavy atom. The van der Waals surface area contributed by atoms with E-state index < -0.39 is 6.03 Å². The van der Waals surface area contributed by atoms with Crippen LogP contribution < -0.4 is 16.4 Å². The van der Waals surface area contributed by atoms with Crippen molar-refractivity contribution in [3.05, 3.63) is 33.3 Å². The minimum absolute atomic E-state index is 0.264. The summed E-state index contributed by atoms with van der Waals surface area (Å²) in [5.74, 6) is -0.264. The van der Waals surface area contributed by atoms with Gasteiger partial charge in [0.15, 0.2) is 0 Å². The zero-order chi connectivity index (χ0) is 12.8. The van der Waals surface area contributed by atoms with Crippen molar-refractivity contribution in [1.82, 2.24) is 10.6 Å². The summed E-state index contributed by atoms with van der Waals surface area (Å²) in [6.07, 6.45) is 0. The van der Waals surface area contributed by atoms with E-state index >= 15 is 0 Å². The van der Waals surface area contributed by atoms with Crippen LogP contribution in [0.4, 0.5) is 4.79 Å². The average molecular weight is 321 g/mol. The van der Waals surface area contributed by atoms with Crippen molar-refractivity contribution in [3.8, 4) is 0 Å². The molecule has 0 spiro atoms. The van der Waals surface area contributed by atoms with Crippen molar-refractivity contribution in [3.63, 3.8) is 0 Å². The number of primary amides is 1. The van der Waals surface area contributed by atoms with Gasteiger partial charge in [-0.15, -0.1) is 0 Å². The summed E-state index contributed by atoms with van der Waals surface area (Å²) in [5.41, 5.74) is 5.32. The lowest BCUT2D eigenvalue weighted by Gasteiger charge is -2.06. The van der Waals surface area contributed by atoms with Gasteiger partial charge in [-0.25, -0.2) is 4.79 Å². The molecule has 0 aromatic heterocycles. The van der Waals surface area contributed by atoms with Gasteiger partial charge in [-0.3, -0.25) is 4.79 Å². The van der Waals surface area contributed by atoms with Gasteiger partial charge in [-0.2, -0.15) is 0 Å². The molecule has 3 amide bonds. The van der Waals surface area contributed by atoms with Gasteiger partial charge >= 0.3 is 6.03 Å². The summed E-state index contributed by atoms with van der Waals surface area (Å²) < 4.78 is 0.727. The molecule has 0 heterocycles. The number of hydrogen-bond acceptors (Lipinski definition) is 2. The molecule has 0 aliphatic rings. The van der Waals surface area contributed by atoms with Crippen molar-refractivity contribution in [2.24, 2.45) is 5.73 Å². The number of hydrogen-bond donors (Lipinski definition) is 3. The van der Waals surface area contributed by atoms with Gasteiger partial charge < -0.3 is 16.4 Å². The van der Waals surface area contributed by atoms with Crippen LogP contribution in [0.3, 0.4) is 0 Å². The molecule has 0 saturated carbocycles. The number of nitrogens with two attached hydrogens (primary N) is 1. The van der Waals surface area contributed by atoms with Crippen LogP contribution in [0.15, 0.2) is 22.7 Å². The summed E-state index contributed by atoms with van der Waals surface area (Å²) in [7, 11) is 0. The van der Waals surface area contributed by atoms with E-state index in [-0.39, 0.29) is 12.5 Å². The number of nitrogens with one attached hydrogen (secondary N) is 2. The van der Waals surface area contributed by atoms with Crippen LogP contribution in [0.2, 0.25) is 5.02 Å². The van der Waals surface area contributed by atoms with Crippen LogP contribution >= 0.6 is 27.5 Å². The Hall–Kier alpha value is -1.27. The monoisotopic (exact) mass is 319 g/mol. The van der Waals surface area contributed by atoms with E-state index in [1.165, 1.54) is 0 Å². The highest BCUT2D eigenvalue weighted by Crippen LogP contribution is 2.19. The third kappa shape index (κ3) is 5.06. The number of rotatable bonds is 4. The zero-order valence-corrected chi connectivity index (χ0v) is 11.1. The third-order valence-electron chi connectivity index (χ3n) is 1.83. The second-order valence-corrected chi connectivity index (χ2v) is 4.56. The second-order valence-electron chi connectivity index (χ2n) is 3.21. The molecule has 0 bridgehead atoms. The number of benzene rings is 1. The Kier molecular flexibility index (Phi) is 5.24. The van der Waals surface area contributed by atoms with Gasteiger partial charge in [0.25, 0.3) is 5.91 Å². The van der Waals surface area contributed by atoms with Crippen molar-refractivity contribution in [2.45, 2.75) is 0 Å². The molecule has 1 aromatic carbocycles. The maximum atomic E-state index is 11.7. The third-order valence-corrected chi connectivity index (χ3v) is 2.51. The zero-order valence-electron chi connectivity index (χ0n) is 8.80. The Morgan fingerprint density at radius 1 is 1.24 bits per heavy atom. The molecule has 4 N–H and O–H groups in total. The van der Waals surface area contributed by atoms with E-state index in [0.717, 1.165) is 4.47 Å². The predicted octanol–water partition coefficient (Wildman–Crippen LogP) is 1.50. The van der Waals surface area contributed by atoms with Crippen LogP contribution in [0.5, 0.6) is 0 Å². The van der Waals surface area contributed by atoms with E-state index in [1.807, 2.05) is 0 Å². The van der Waals surface area contributed by atoms with E-state index in [4.69, 9.17) is 17.3 Å². The summed E-state index contributed by atoms with van der Waals surface area (Å²) in [4.78, 5) is 22.0. The summed E-state index contributed by atoms with van der Waals surface area (Å²) >= 11 is 9.06. The fourth-order valence-electron chi connectivity index (χ4n) is 1.15. The first-order valence-electron chi connectivity index (χ1n) is 4.76. The van der Waals surface area contributed by atoms with E-state index in [2.05, 4.69) is 26.6 Å². The van der Waals surface area contributed by atoms with Gasteiger partial charge in [0.05, 0.1) is 0 Å². The first kappa shape index (κ1) is 13.8. The van der Waals surface area contributed by atoms with Crippen molar-refractivity contribution in [1.29, 1.82) is 0 Å². The topological polar surface area (TPSA) is 84.2 Å². The minimum Gasteiger partial charge on any atom is -0.352 e. The smallest absolute Gasteiger partial charge is 0.312 e. The molecule has 1 aromatic rings. The van der Waals surface area contributed by atoms with E-state index in [0.29, 0.717) is 17.1 Å². The van der Waals surface area contributed by atoms with Crippen LogP contribution in [0, 0.1) is 0 Å². The fraction of sp³-hybridized carbons (Fsp3) is 0.200. The highest BCUT2D eigenvalue weighted by atomic mass is 79.9. The molecule has 0 saturated heterocycles. The first-order valence-corrected chi connectivity index (χ1v) is 5.94. The van der Waals surface area contributed by atoms with Crippen molar-refractivity contribution >= 4 is 39.5 Å². The minimum atomic E-state index is -0.621. The lowest BCUT2D eigenvalue weighted by molar-refractivity contribution is 0.0954. The normalized spacial score (nSPS) is 9.76. The van der Waals surface area contributed by atoms with Crippen molar-refractivity contribution < 1.29 is 9.59 Å². The number of urea groups is 1. The van der Waals surface area contributed by atoms with E-state index in [1.54, 1.807) is 18.2 Å². The maximum Gasteiger partial charge on any atom is 0.312 e. The first-order chi connectivity index (χ1) is 7.99. The largest absolute Gasteiger partial charge is 0.352 e. The molecule has 0 radical (unpaired) electrons. The fourth-order valence-corrected chi connectivity index (χ4v) is 2.01. The number of carbonyl (C=O) groups is 2. The molecular weight excluding hydrogens is 309 g/mol. The molecule has 92 valence electrons. The Morgan fingerprint density at radius 3 is 2.47 bits per heavy atom. The maximum absolute atomic E-state index is 11.7. The Balaban J connectivity index is 2.49. The molecule has 0 aliphatic heterocycles. The second kappa shape index (κ2) is 6.46. The van der Waals surface area contributed by atoms with Crippen LogP contribution in [-0.2, 0) is 0 Å². The lowest BCUT2D eigenvalue weighted by atomic mass is 10.2. The molecule has 0 unspecified atom stereocenters. The Bertz CT molecular complexity index is 419. The predicted molar refractivity (Wildman–Crippen MR) is 69.1 cm³/mol. The lowest BCUT2D eigenvalue weighted by Crippen LogP contribution is -2.37. The van der Waals surface area contributed by atoms with Gasteiger partial charge in [-0.05, 0) is 18.2 Å². The van der Waals surface area contributed by atoms with Gasteiger partial charge in [0, 0.05) is 28.1 Å². The number of amides is 3. The van der Waals surface area contributed by atoms with Crippen LogP contribution in [-0.4, -0.2) is 25.0 Å². The standard InChI is InChI=1S/C10H11BrClN3O2/c11-7-3-6(4-8(12)5-7)9(16)14-1-2-15-10(13)17/h3-5H,1-2H2,(H,14,16)(H3,13,15,17). The van der Waals surface area contributed by atoms with Gasteiger partial charge in [0.1, 0.15) is 0 Å². The number of carbonyl (C=O) groups excluding carboxylic acids is 2. The molecule has 0 fully saturated rings. The van der Waals surface area contributed by atoms with Gasteiger partial charge in [0.2, 0.25) is 0 Å². The van der Waals surface area contributed by atoms with Gasteiger partial charge in [-0.1, -0.05) is 27.5 Å². The highest BCUT2D eigenvalue weighted by molar-refractivity contribution is 9.10. The molecule has 17 heavy (non-hydrogen) atoms. The molecule has 5 nitrogen and oxygen atoms in total. The molecule has 1 rings (SSSR count). The SMILES string of the molecule is NC(=O)NCCNC(=O)c1cc(Cl)cc(Br)c1. The highest BCUT2D eigenvalue weighted by Gasteiger charge is 2.06. The quantitative estimate of drug-likeness (QED) is 0.735. The molecule has 0 atom stereocenters.